The lowest BCUT2D eigenvalue weighted by molar-refractivity contribution is -0.144. The number of carboxylic acids is 1. The summed E-state index contributed by atoms with van der Waals surface area (Å²) in [5, 5.41) is 18.6. The lowest BCUT2D eigenvalue weighted by Gasteiger charge is -2.18. The van der Waals surface area contributed by atoms with Crippen LogP contribution in [0, 0.1) is 0 Å². The fraction of sp³-hybridized carbons (Fsp3) is 0.409. The molecule has 75 heavy (non-hydrogen) atoms. The normalized spacial score (nSPS) is 11.4. The predicted octanol–water partition coefficient (Wildman–Crippen LogP) is 17.3. The van der Waals surface area contributed by atoms with Gasteiger partial charge in [0, 0.05) is 17.8 Å². The molecule has 6 aromatic carbocycles. The summed E-state index contributed by atoms with van der Waals surface area (Å²) in [6, 6.07) is 52.7. The minimum absolute atomic E-state index is 0. The lowest BCUT2D eigenvalue weighted by Crippen LogP contribution is -2.11. The number of unbranched alkanes of at least 4 members (excludes halogenated alkanes) is 8. The van der Waals surface area contributed by atoms with Crippen LogP contribution in [-0.2, 0) is 23.9 Å². The average Bonchev–Trinajstić information content (AvgIpc) is 3.40. The van der Waals surface area contributed by atoms with Crippen LogP contribution in [0.3, 0.4) is 0 Å². The van der Waals surface area contributed by atoms with E-state index in [4.69, 9.17) is 18.9 Å². The maximum atomic E-state index is 12.1. The van der Waals surface area contributed by atoms with Gasteiger partial charge in [-0.15, -0.1) is 0 Å². The molecule has 0 radical (unpaired) electrons. The highest BCUT2D eigenvalue weighted by Gasteiger charge is 2.21. The van der Waals surface area contributed by atoms with Gasteiger partial charge in [0.2, 0.25) is 0 Å². The second-order valence-electron chi connectivity index (χ2n) is 17.8. The second-order valence-corrected chi connectivity index (χ2v) is 17.8. The van der Waals surface area contributed by atoms with Crippen molar-refractivity contribution in [2.24, 2.45) is 0 Å². The predicted molar refractivity (Wildman–Crippen MR) is 310 cm³/mol. The monoisotopic (exact) mass is 1030 g/mol. The summed E-state index contributed by atoms with van der Waals surface area (Å²) < 4.78 is 21.9. The van der Waals surface area contributed by atoms with Crippen LogP contribution in [0.25, 0.3) is 0 Å². The number of aliphatic carboxylic acids is 1. The number of carboxylic acid groups (broad SMARTS) is 1. The van der Waals surface area contributed by atoms with Gasteiger partial charge >= 0.3 is 17.9 Å². The molecule has 0 heterocycles. The number of aromatic hydroxyl groups is 1. The van der Waals surface area contributed by atoms with Crippen LogP contribution in [0.4, 0.5) is 0 Å². The van der Waals surface area contributed by atoms with Gasteiger partial charge in [0.15, 0.2) is 0 Å². The Bertz CT molecular complexity index is 2360. The molecule has 0 spiro atoms. The van der Waals surface area contributed by atoms with Gasteiger partial charge in [-0.1, -0.05) is 215 Å². The molecule has 0 fully saturated rings. The Morgan fingerprint density at radius 1 is 0.400 bits per heavy atom. The zero-order valence-corrected chi connectivity index (χ0v) is 43.1. The summed E-state index contributed by atoms with van der Waals surface area (Å²) in [6.45, 7) is 10.4. The standard InChI is InChI=1S/C24H32O3.C22H28O3.C17H18O3.3CH4.H/c1-3-5-6-7-11-18-27-22-16-14-21(15-17-22)23(19-24(25)26-4-2)20-12-9-8-10-13-20;1-2-3-4-5-9-16-25-20-14-12-19(13-15-20)21(17-22(23)24)18-10-7-6-8-11-18;1-2-20-17(19)12-16(13-6-4-3-5-7-13)14-8-10-15(18)11-9-14;;;;/h8-10,12-17,23H,3-7,11,18-19H2,1-2H3;6-8,10-15,21H,2-5,9,16-17H2,1H3,(H,23,24);3-11,16,18H,2,12H2,1H3;3*1H4;/q;;;;;;-1/i;;;;;;1+1. The molecule has 0 aliphatic rings. The summed E-state index contributed by atoms with van der Waals surface area (Å²) in [5.41, 5.74) is 6.30. The van der Waals surface area contributed by atoms with Gasteiger partial charge in [-0.2, -0.15) is 0 Å². The molecule has 0 aliphatic carbocycles. The van der Waals surface area contributed by atoms with Gasteiger partial charge in [0.05, 0.1) is 45.7 Å². The Balaban J connectivity index is 0.00000109. The first-order chi connectivity index (χ1) is 35.1. The van der Waals surface area contributed by atoms with Crippen LogP contribution in [0.2, 0.25) is 0 Å². The number of benzene rings is 6. The van der Waals surface area contributed by atoms with Gasteiger partial charge in [-0.3, -0.25) is 14.4 Å². The zero-order valence-electron chi connectivity index (χ0n) is 44.1. The Hall–Kier alpha value is -6.87. The Morgan fingerprint density at radius 2 is 0.693 bits per heavy atom. The number of carbonyl (C=O) groups is 3. The number of phenols is 1. The number of hydrogen-bond donors (Lipinski definition) is 2. The molecule has 2 N–H and O–H groups in total. The summed E-state index contributed by atoms with van der Waals surface area (Å²) in [5.74, 6) is 0.579. The van der Waals surface area contributed by atoms with E-state index in [0.29, 0.717) is 26.1 Å². The van der Waals surface area contributed by atoms with E-state index in [-0.39, 0.29) is 65.6 Å². The average molecular weight is 1030 g/mol. The van der Waals surface area contributed by atoms with Crippen molar-refractivity contribution in [1.29, 1.82) is 0 Å². The molecule has 0 bridgehead atoms. The molecule has 9 nitrogen and oxygen atoms in total. The van der Waals surface area contributed by atoms with Crippen molar-refractivity contribution in [3.63, 3.8) is 0 Å². The van der Waals surface area contributed by atoms with E-state index in [1.54, 1.807) is 19.1 Å². The summed E-state index contributed by atoms with van der Waals surface area (Å²) in [4.78, 5) is 35.1. The number of ether oxygens (including phenoxy) is 4. The highest BCUT2D eigenvalue weighted by molar-refractivity contribution is 5.72. The van der Waals surface area contributed by atoms with E-state index in [0.717, 1.165) is 70.9 Å². The molecule has 0 aliphatic heterocycles. The van der Waals surface area contributed by atoms with Crippen LogP contribution in [-0.4, -0.2) is 54.5 Å². The number of rotatable bonds is 28. The number of carbonyl (C=O) groups excluding carboxylic acids is 2. The van der Waals surface area contributed by atoms with E-state index >= 15 is 0 Å². The van der Waals surface area contributed by atoms with Crippen LogP contribution < -0.4 is 9.47 Å². The molecule has 0 saturated heterocycles. The molecule has 6 rings (SSSR count). The van der Waals surface area contributed by atoms with E-state index in [9.17, 15) is 24.6 Å². The lowest BCUT2D eigenvalue weighted by atomic mass is 9.88. The van der Waals surface area contributed by atoms with E-state index in [1.165, 1.54) is 51.4 Å². The van der Waals surface area contributed by atoms with Gasteiger partial charge in [-0.25, -0.2) is 0 Å². The van der Waals surface area contributed by atoms with Crippen molar-refractivity contribution >= 4 is 17.9 Å². The highest BCUT2D eigenvalue weighted by atomic mass is 16.5. The maximum Gasteiger partial charge on any atom is 0.306 e. The molecule has 0 aromatic heterocycles. The van der Waals surface area contributed by atoms with Crippen LogP contribution in [0.15, 0.2) is 164 Å². The third-order valence-corrected chi connectivity index (χ3v) is 12.2. The van der Waals surface area contributed by atoms with E-state index < -0.39 is 5.97 Å². The fourth-order valence-electron chi connectivity index (χ4n) is 8.38. The quantitative estimate of drug-likeness (QED) is 0.0365. The zero-order chi connectivity index (χ0) is 51.6. The SMILES string of the molecule is C.C.C.CCCCCCCOc1ccc(C(CC(=O)O)c2ccccc2)cc1.CCCCCCCOc1ccc(C(CC(=O)OCC)c2ccccc2)cc1.CCOC(=O)CC(c1ccccc1)c1ccc(O)cc1.[2H-]. The third kappa shape index (κ3) is 25.8. The Labute approximate surface area is 453 Å². The van der Waals surface area contributed by atoms with Crippen molar-refractivity contribution in [3.8, 4) is 17.2 Å². The van der Waals surface area contributed by atoms with Crippen molar-refractivity contribution in [3.05, 3.63) is 197 Å². The van der Waals surface area contributed by atoms with Gasteiger partial charge in [0.25, 0.3) is 0 Å². The second kappa shape index (κ2) is 39.6. The minimum atomic E-state index is -0.791. The van der Waals surface area contributed by atoms with Gasteiger partial charge in [0.1, 0.15) is 17.2 Å². The first kappa shape index (κ1) is 66.1. The van der Waals surface area contributed by atoms with Crippen LogP contribution in [0.1, 0.15) is 186 Å². The molecule has 3 atom stereocenters. The molecule has 3 unspecified atom stereocenters. The molecule has 410 valence electrons. The summed E-state index contributed by atoms with van der Waals surface area (Å²) >= 11 is 0. The van der Waals surface area contributed by atoms with Crippen molar-refractivity contribution in [2.45, 2.75) is 151 Å². The highest BCUT2D eigenvalue weighted by Crippen LogP contribution is 2.32. The van der Waals surface area contributed by atoms with Crippen molar-refractivity contribution < 1.29 is 45.0 Å². The van der Waals surface area contributed by atoms with Crippen LogP contribution >= 0.6 is 0 Å². The molecular weight excluding hydrogens is 937 g/mol. The topological polar surface area (TPSA) is 129 Å². The van der Waals surface area contributed by atoms with Gasteiger partial charge in [-0.05, 0) is 96.5 Å². The van der Waals surface area contributed by atoms with Crippen LogP contribution in [0.5, 0.6) is 17.2 Å². The third-order valence-electron chi connectivity index (χ3n) is 12.2. The van der Waals surface area contributed by atoms with E-state index in [2.05, 4.69) is 38.1 Å². The number of hydrogen-bond acceptors (Lipinski definition) is 8. The number of esters is 2. The molecule has 0 saturated carbocycles. The van der Waals surface area contributed by atoms with E-state index in [1.807, 2.05) is 134 Å². The smallest absolute Gasteiger partial charge is 0.306 e. The minimum Gasteiger partial charge on any atom is -1.00 e. The molecular formula is C66H91O9-. The largest absolute Gasteiger partial charge is 1.00 e. The Morgan fingerprint density at radius 3 is 1.00 bits per heavy atom. The first-order valence-electron chi connectivity index (χ1n) is 26.1. The maximum absolute atomic E-state index is 12.1. The van der Waals surface area contributed by atoms with Crippen molar-refractivity contribution in [1.82, 2.24) is 0 Å². The molecule has 9 heteroatoms. The number of phenolic OH excluding ortho intramolecular Hbond substituents is 1. The molecule has 0 amide bonds. The summed E-state index contributed by atoms with van der Waals surface area (Å²) in [6.07, 6.45) is 13.0. The fourth-order valence-corrected chi connectivity index (χ4v) is 8.38. The first-order valence-corrected chi connectivity index (χ1v) is 26.1. The summed E-state index contributed by atoms with van der Waals surface area (Å²) in [7, 11) is 0. The van der Waals surface area contributed by atoms with Crippen molar-refractivity contribution in [2.75, 3.05) is 26.4 Å². The molecule has 6 aromatic rings. The van der Waals surface area contributed by atoms with Gasteiger partial charge < -0.3 is 30.6 Å². The Kier molecular flexibility index (Phi) is 34.9.